The van der Waals surface area contributed by atoms with Gasteiger partial charge in [0.15, 0.2) is 0 Å². The number of carboxylic acids is 4. The van der Waals surface area contributed by atoms with Gasteiger partial charge in [-0.2, -0.15) is 0 Å². The summed E-state index contributed by atoms with van der Waals surface area (Å²) < 4.78 is 0. The molecule has 0 atom stereocenters. The topological polar surface area (TPSA) is 451 Å². The van der Waals surface area contributed by atoms with E-state index in [9.17, 15) is 19.2 Å². The van der Waals surface area contributed by atoms with Gasteiger partial charge in [-0.15, -0.1) is 0 Å². The average molecular weight is 1630 g/mol. The molecule has 0 amide bonds. The van der Waals surface area contributed by atoms with Gasteiger partial charge in [0.25, 0.3) is 0 Å². The maximum Gasteiger partial charge on any atom is 0.317 e. The van der Waals surface area contributed by atoms with E-state index in [4.69, 9.17) is 20.4 Å². The van der Waals surface area contributed by atoms with Crippen molar-refractivity contribution in [2.75, 3.05) is 393 Å². The Hall–Kier alpha value is -3.24. The van der Waals surface area contributed by atoms with E-state index in [1.54, 1.807) is 0 Å². The Bertz CT molecular complexity index is 1540. The molecule has 36 heteroatoms. The summed E-state index contributed by atoms with van der Waals surface area (Å²) in [6.07, 6.45) is 15.7. The number of rotatable bonds is 8. The second kappa shape index (κ2) is 92.1. The molecule has 0 aromatic heterocycles. The summed E-state index contributed by atoms with van der Waals surface area (Å²) in [5.41, 5.74) is 0. The quantitative estimate of drug-likeness (QED) is 0.107. The standard InChI is InChI=1S/4C12H26N4O2.3C10H24N4/c4*17-12(18)11-16-9-2-5-14-7-6-13-3-1-4-15-8-10-16;3*1-3-11-7-9-13-5-2-6-14-10-8-12-4-1/h4*13-15H,1-11H2,(H,17,18);3*11-14H,1-10H2. The molecule has 7 aliphatic rings. The van der Waals surface area contributed by atoms with Gasteiger partial charge in [0, 0.05) is 183 Å². The summed E-state index contributed by atoms with van der Waals surface area (Å²) in [6.45, 7) is 57.0. The minimum atomic E-state index is -0.742. The van der Waals surface area contributed by atoms with E-state index in [0.717, 1.165) is 418 Å². The number of nitrogens with zero attached hydrogens (tertiary/aromatic N) is 4. The Morgan fingerprint density at radius 2 is 0.237 bits per heavy atom. The SMILES string of the molecule is C1CNCCNCCCNCCNC1.C1CNCCNCCCNCCNC1.C1CNCCNCCCNCCNC1.O=C(O)CN1CCCNCCNCCCNCC1.O=C(O)CN1CCCNCCNCCCNCC1.O=C(O)CN1CCCNCCNCCCNCC1.O=C(O)CN1CCCNCCNCCCNCC1. The summed E-state index contributed by atoms with van der Waals surface area (Å²) in [4.78, 5) is 51.0. The molecule has 7 saturated heterocycles. The van der Waals surface area contributed by atoms with Gasteiger partial charge in [0.05, 0.1) is 26.2 Å². The average Bonchev–Trinajstić information content (AvgIpc) is 0.999. The predicted octanol–water partition coefficient (Wildman–Crippen LogP) is -6.84. The van der Waals surface area contributed by atoms with Gasteiger partial charge in [-0.1, -0.05) is 0 Å². The van der Waals surface area contributed by atoms with Crippen LogP contribution in [0.1, 0.15) is 89.9 Å². The third kappa shape index (κ3) is 89.5. The van der Waals surface area contributed by atoms with Crippen LogP contribution < -0.4 is 128 Å². The molecule has 7 fully saturated rings. The number of aliphatic carboxylic acids is 4. The van der Waals surface area contributed by atoms with Crippen molar-refractivity contribution in [3.8, 4) is 0 Å². The van der Waals surface area contributed by atoms with Gasteiger partial charge < -0.3 is 148 Å². The Morgan fingerprint density at radius 3 is 0.342 bits per heavy atom. The normalized spacial score (nSPS) is 22.9. The van der Waals surface area contributed by atoms with E-state index >= 15 is 0 Å². The molecule has 0 bridgehead atoms. The first-order valence-electron chi connectivity index (χ1n) is 44.9. The lowest BCUT2D eigenvalue weighted by atomic mass is 10.3. The molecule has 7 rings (SSSR count). The van der Waals surface area contributed by atoms with Gasteiger partial charge in [-0.05, 0) is 273 Å². The molecule has 0 aliphatic carbocycles. The number of nitrogens with one attached hydrogen (secondary N) is 24. The third-order valence-electron chi connectivity index (χ3n) is 19.0. The van der Waals surface area contributed by atoms with E-state index in [-0.39, 0.29) is 26.2 Å². The fourth-order valence-electron chi connectivity index (χ4n) is 12.7. The van der Waals surface area contributed by atoms with Gasteiger partial charge in [0.1, 0.15) is 0 Å². The maximum absolute atomic E-state index is 10.8. The molecule has 114 heavy (non-hydrogen) atoms. The summed E-state index contributed by atoms with van der Waals surface area (Å²) in [7, 11) is 0. The van der Waals surface area contributed by atoms with Crippen LogP contribution in [-0.4, -0.2) is 457 Å². The minimum absolute atomic E-state index is 0.142. The van der Waals surface area contributed by atoms with Crippen molar-refractivity contribution in [1.29, 1.82) is 0 Å². The molecule has 0 radical (unpaired) electrons. The minimum Gasteiger partial charge on any atom is -0.480 e. The molecular formula is C78H176N28O8. The summed E-state index contributed by atoms with van der Waals surface area (Å²) in [5, 5.41) is 117. The molecule has 0 saturated carbocycles. The second-order valence-corrected chi connectivity index (χ2v) is 29.6. The molecule has 7 heterocycles. The van der Waals surface area contributed by atoms with Crippen LogP contribution in [0, 0.1) is 0 Å². The van der Waals surface area contributed by atoms with Crippen molar-refractivity contribution in [3.63, 3.8) is 0 Å². The highest BCUT2D eigenvalue weighted by Crippen LogP contribution is 1.96. The monoisotopic (exact) mass is 1630 g/mol. The van der Waals surface area contributed by atoms with Crippen molar-refractivity contribution in [1.82, 2.24) is 147 Å². The highest BCUT2D eigenvalue weighted by atomic mass is 16.4. The summed E-state index contributed by atoms with van der Waals surface area (Å²) in [5.74, 6) is -2.97. The molecule has 36 nitrogen and oxygen atoms in total. The van der Waals surface area contributed by atoms with Crippen molar-refractivity contribution in [3.05, 3.63) is 0 Å². The lowest BCUT2D eigenvalue weighted by Crippen LogP contribution is -2.39. The Morgan fingerprint density at radius 1 is 0.140 bits per heavy atom. The van der Waals surface area contributed by atoms with Gasteiger partial charge in [-0.3, -0.25) is 38.8 Å². The highest BCUT2D eigenvalue weighted by molar-refractivity contribution is 5.70. The number of hydrogen-bond acceptors (Lipinski definition) is 32. The van der Waals surface area contributed by atoms with Crippen LogP contribution in [0.2, 0.25) is 0 Å². The molecule has 0 unspecified atom stereocenters. The summed E-state index contributed by atoms with van der Waals surface area (Å²) in [6, 6.07) is 0. The first-order chi connectivity index (χ1) is 56.2. The van der Waals surface area contributed by atoms with Crippen molar-refractivity contribution in [2.24, 2.45) is 0 Å². The van der Waals surface area contributed by atoms with Crippen LogP contribution in [0.25, 0.3) is 0 Å². The largest absolute Gasteiger partial charge is 0.480 e. The zero-order chi connectivity index (χ0) is 81.9. The fraction of sp³-hybridized carbons (Fsp3) is 0.949. The smallest absolute Gasteiger partial charge is 0.317 e. The predicted molar refractivity (Wildman–Crippen MR) is 470 cm³/mol. The molecule has 28 N–H and O–H groups in total. The van der Waals surface area contributed by atoms with Gasteiger partial charge in [0.2, 0.25) is 0 Å². The molecular weight excluding hydrogens is 1460 g/mol. The van der Waals surface area contributed by atoms with Crippen LogP contribution in [0.4, 0.5) is 0 Å². The number of hydrogen-bond donors (Lipinski definition) is 28. The van der Waals surface area contributed by atoms with Crippen LogP contribution in [-0.2, 0) is 19.2 Å². The van der Waals surface area contributed by atoms with E-state index < -0.39 is 23.9 Å². The van der Waals surface area contributed by atoms with E-state index in [1.807, 2.05) is 19.6 Å². The van der Waals surface area contributed by atoms with Crippen LogP contribution in [0.15, 0.2) is 0 Å². The Balaban J connectivity index is 0.000000667. The van der Waals surface area contributed by atoms with Gasteiger partial charge in [-0.25, -0.2) is 0 Å². The first-order valence-corrected chi connectivity index (χ1v) is 44.9. The van der Waals surface area contributed by atoms with Crippen LogP contribution >= 0.6 is 0 Å². The van der Waals surface area contributed by atoms with Crippen molar-refractivity contribution < 1.29 is 39.6 Å². The van der Waals surface area contributed by atoms with E-state index in [2.05, 4.69) is 128 Å². The second-order valence-electron chi connectivity index (χ2n) is 29.6. The number of carbonyl (C=O) groups is 4. The molecule has 0 spiro atoms. The summed E-state index contributed by atoms with van der Waals surface area (Å²) >= 11 is 0. The zero-order valence-electron chi connectivity index (χ0n) is 71.5. The van der Waals surface area contributed by atoms with Crippen LogP contribution in [0.3, 0.4) is 0 Å². The molecule has 0 aromatic carbocycles. The Labute approximate surface area is 690 Å². The van der Waals surface area contributed by atoms with E-state index in [1.165, 1.54) is 38.5 Å². The van der Waals surface area contributed by atoms with E-state index in [0.29, 0.717) is 0 Å². The van der Waals surface area contributed by atoms with Crippen LogP contribution in [0.5, 0.6) is 0 Å². The molecule has 676 valence electrons. The Kier molecular flexibility index (Phi) is 87.8. The van der Waals surface area contributed by atoms with Crippen molar-refractivity contribution in [2.45, 2.75) is 89.9 Å². The van der Waals surface area contributed by atoms with Crippen molar-refractivity contribution >= 4 is 23.9 Å². The fourth-order valence-corrected chi connectivity index (χ4v) is 12.7. The third-order valence-corrected chi connectivity index (χ3v) is 19.0. The number of carboxylic acid groups (broad SMARTS) is 4. The molecule has 0 aromatic rings. The van der Waals surface area contributed by atoms with Gasteiger partial charge >= 0.3 is 23.9 Å². The lowest BCUT2D eigenvalue weighted by molar-refractivity contribution is -0.139. The highest BCUT2D eigenvalue weighted by Gasteiger charge is 2.14. The lowest BCUT2D eigenvalue weighted by Gasteiger charge is -2.21. The first kappa shape index (κ1) is 109. The zero-order valence-corrected chi connectivity index (χ0v) is 71.5. The molecule has 7 aliphatic heterocycles. The maximum atomic E-state index is 10.8.